The minimum atomic E-state index is -0.221. The summed E-state index contributed by atoms with van der Waals surface area (Å²) in [5.74, 6) is 0. The van der Waals surface area contributed by atoms with E-state index in [4.69, 9.17) is 0 Å². The molecular weight excluding hydrogens is 870 g/mol. The van der Waals surface area contributed by atoms with Crippen LogP contribution in [-0.2, 0) is 10.8 Å². The Labute approximate surface area is 425 Å². The summed E-state index contributed by atoms with van der Waals surface area (Å²) in [5.41, 5.74) is 23.3. The number of rotatable bonds is 6. The molecular formula is C68H58BN3. The van der Waals surface area contributed by atoms with E-state index in [9.17, 15) is 0 Å². The van der Waals surface area contributed by atoms with Gasteiger partial charge in [0, 0.05) is 50.6 Å². The fraction of sp³-hybridized carbons (Fsp3) is 0.206. The van der Waals surface area contributed by atoms with Crippen molar-refractivity contribution in [3.05, 3.63) is 241 Å². The molecule has 6 aliphatic rings. The Bertz CT molecular complexity index is 3600. The van der Waals surface area contributed by atoms with Gasteiger partial charge < -0.3 is 14.7 Å². The quantitative estimate of drug-likeness (QED) is 0.154. The van der Waals surface area contributed by atoms with E-state index in [1.807, 2.05) is 0 Å². The predicted octanol–water partition coefficient (Wildman–Crippen LogP) is 15.2. The standard InChI is InChI=1S/C68H58BN3/c1-65-40-17-19-42-67(65,51-26-11-5-12-27-51)55-30-15-16-33-59(55)71(65)54-45-61-63-62(46-54)72-64-56(68(52-28-13-6-14-29-52)43-20-18-41-66(68,72)2)31-21-32-57(64)69(63)58-44-50(48-24-9-4-10-25-48)36-39-60(58)70(61)53-37-34-49(35-38-53)47-22-7-3-8-23-47/h3-16,21-39,44-46H,17-20,40-43H2,1-2H3. The van der Waals surface area contributed by atoms with Gasteiger partial charge in [0.2, 0.25) is 0 Å². The molecule has 4 heterocycles. The second-order valence-corrected chi connectivity index (χ2v) is 22.2. The van der Waals surface area contributed by atoms with Gasteiger partial charge in [-0.05, 0) is 137 Å². The maximum absolute atomic E-state index is 2.93. The molecule has 72 heavy (non-hydrogen) atoms. The first-order chi connectivity index (χ1) is 35.4. The largest absolute Gasteiger partial charge is 0.335 e. The van der Waals surface area contributed by atoms with Gasteiger partial charge in [-0.15, -0.1) is 0 Å². The zero-order valence-electron chi connectivity index (χ0n) is 41.4. The molecule has 0 saturated heterocycles. The van der Waals surface area contributed by atoms with Crippen LogP contribution < -0.4 is 31.1 Å². The molecule has 0 spiro atoms. The molecule has 2 saturated carbocycles. The van der Waals surface area contributed by atoms with E-state index < -0.39 is 0 Å². The van der Waals surface area contributed by atoms with Gasteiger partial charge in [-0.25, -0.2) is 0 Å². The zero-order chi connectivity index (χ0) is 47.8. The van der Waals surface area contributed by atoms with Gasteiger partial charge in [0.25, 0.3) is 6.71 Å². The molecule has 2 aliphatic carbocycles. The summed E-state index contributed by atoms with van der Waals surface area (Å²) in [6.45, 7) is 5.27. The number of anilines is 7. The molecule has 4 aliphatic heterocycles. The topological polar surface area (TPSA) is 9.72 Å². The molecule has 0 radical (unpaired) electrons. The van der Waals surface area contributed by atoms with Gasteiger partial charge in [0.05, 0.1) is 11.1 Å². The first-order valence-electron chi connectivity index (χ1n) is 26.7. The Morgan fingerprint density at radius 3 is 1.54 bits per heavy atom. The van der Waals surface area contributed by atoms with E-state index in [1.54, 1.807) is 0 Å². The van der Waals surface area contributed by atoms with Crippen LogP contribution in [0.15, 0.2) is 218 Å². The van der Waals surface area contributed by atoms with Crippen LogP contribution in [0.25, 0.3) is 22.3 Å². The maximum Gasteiger partial charge on any atom is 0.252 e. The van der Waals surface area contributed by atoms with Gasteiger partial charge in [0.1, 0.15) is 0 Å². The average molecular weight is 928 g/mol. The van der Waals surface area contributed by atoms with Crippen molar-refractivity contribution in [3.8, 4) is 22.3 Å². The second-order valence-electron chi connectivity index (χ2n) is 22.2. The normalized spacial score (nSPS) is 23.9. The molecule has 0 amide bonds. The fourth-order valence-electron chi connectivity index (χ4n) is 16.1. The highest BCUT2D eigenvalue weighted by Gasteiger charge is 2.65. The summed E-state index contributed by atoms with van der Waals surface area (Å²) in [6.07, 6.45) is 9.30. The maximum atomic E-state index is 2.93. The Morgan fingerprint density at radius 2 is 0.875 bits per heavy atom. The molecule has 0 bridgehead atoms. The van der Waals surface area contributed by atoms with Crippen LogP contribution >= 0.6 is 0 Å². The summed E-state index contributed by atoms with van der Waals surface area (Å²) >= 11 is 0. The lowest BCUT2D eigenvalue weighted by Gasteiger charge is -2.55. The van der Waals surface area contributed by atoms with Gasteiger partial charge in [-0.1, -0.05) is 208 Å². The van der Waals surface area contributed by atoms with E-state index >= 15 is 0 Å². The van der Waals surface area contributed by atoms with Gasteiger partial charge in [0.15, 0.2) is 0 Å². The summed E-state index contributed by atoms with van der Waals surface area (Å²) in [7, 11) is 0. The van der Waals surface area contributed by atoms with E-state index in [1.165, 1.54) is 126 Å². The minimum absolute atomic E-state index is 0.0184. The van der Waals surface area contributed by atoms with Crippen LogP contribution in [0.4, 0.5) is 39.8 Å². The van der Waals surface area contributed by atoms with Crippen molar-refractivity contribution in [2.75, 3.05) is 14.7 Å². The Hall–Kier alpha value is -7.56. The number of benzene rings is 9. The van der Waals surface area contributed by atoms with Crippen molar-refractivity contribution in [2.45, 2.75) is 87.1 Å². The summed E-state index contributed by atoms with van der Waals surface area (Å²) in [6, 6.07) is 84.0. The summed E-state index contributed by atoms with van der Waals surface area (Å²) in [4.78, 5) is 8.42. The van der Waals surface area contributed by atoms with Crippen molar-refractivity contribution >= 4 is 62.9 Å². The van der Waals surface area contributed by atoms with Gasteiger partial charge in [-0.3, -0.25) is 0 Å². The highest BCUT2D eigenvalue weighted by Crippen LogP contribution is 2.67. The molecule has 0 aromatic heterocycles. The number of hydrogen-bond acceptors (Lipinski definition) is 3. The van der Waals surface area contributed by atoms with E-state index in [-0.39, 0.29) is 28.6 Å². The second kappa shape index (κ2) is 15.5. The molecule has 0 N–H and O–H groups in total. The highest BCUT2D eigenvalue weighted by atomic mass is 15.3. The Kier molecular flexibility index (Phi) is 9.06. The third-order valence-corrected chi connectivity index (χ3v) is 19.0. The fourth-order valence-corrected chi connectivity index (χ4v) is 16.1. The number of nitrogens with zero attached hydrogens (tertiary/aromatic N) is 3. The number of hydrogen-bond donors (Lipinski definition) is 0. The minimum Gasteiger partial charge on any atom is -0.335 e. The summed E-state index contributed by atoms with van der Waals surface area (Å²) in [5, 5.41) is 0. The van der Waals surface area contributed by atoms with Crippen molar-refractivity contribution in [3.63, 3.8) is 0 Å². The van der Waals surface area contributed by atoms with Crippen LogP contribution in [0.2, 0.25) is 0 Å². The zero-order valence-corrected chi connectivity index (χ0v) is 41.4. The van der Waals surface area contributed by atoms with Crippen molar-refractivity contribution in [1.29, 1.82) is 0 Å². The molecule has 348 valence electrons. The first-order valence-corrected chi connectivity index (χ1v) is 26.7. The van der Waals surface area contributed by atoms with Crippen LogP contribution in [0, 0.1) is 0 Å². The van der Waals surface area contributed by atoms with Crippen LogP contribution in [0.5, 0.6) is 0 Å². The molecule has 4 heteroatoms. The predicted molar refractivity (Wildman–Crippen MR) is 302 cm³/mol. The molecule has 4 atom stereocenters. The molecule has 4 unspecified atom stereocenters. The van der Waals surface area contributed by atoms with Crippen LogP contribution in [0.1, 0.15) is 87.5 Å². The molecule has 2 fully saturated rings. The van der Waals surface area contributed by atoms with E-state index in [2.05, 4.69) is 247 Å². The third-order valence-electron chi connectivity index (χ3n) is 19.0. The molecule has 9 aromatic rings. The number of para-hydroxylation sites is 2. The lowest BCUT2D eigenvalue weighted by molar-refractivity contribution is 0.214. The van der Waals surface area contributed by atoms with Crippen LogP contribution in [0.3, 0.4) is 0 Å². The Morgan fingerprint density at radius 1 is 0.361 bits per heavy atom. The third kappa shape index (κ3) is 5.43. The SMILES string of the molecule is CC12CCCCC1(c1ccccc1)c1ccccc1N2c1cc2c3c(c1)N1c4c(cccc4C4(c5ccccc5)CCCCC14C)B3c1cc(-c3ccccc3)ccc1N2c1ccc(-c2ccccc2)cc1. The monoisotopic (exact) mass is 927 g/mol. The Balaban J connectivity index is 1.05. The number of fused-ring (bicyclic) bond motifs is 10. The van der Waals surface area contributed by atoms with Gasteiger partial charge >= 0.3 is 0 Å². The summed E-state index contributed by atoms with van der Waals surface area (Å²) < 4.78 is 0. The van der Waals surface area contributed by atoms with E-state index in [0.717, 1.165) is 25.7 Å². The molecule has 9 aromatic carbocycles. The lowest BCUT2D eigenvalue weighted by atomic mass is 9.33. The average Bonchev–Trinajstić information content (AvgIpc) is 3.85. The lowest BCUT2D eigenvalue weighted by Crippen LogP contribution is -2.65. The molecule has 3 nitrogen and oxygen atoms in total. The van der Waals surface area contributed by atoms with Crippen molar-refractivity contribution in [2.24, 2.45) is 0 Å². The van der Waals surface area contributed by atoms with E-state index in [0.29, 0.717) is 0 Å². The van der Waals surface area contributed by atoms with Gasteiger partial charge in [-0.2, -0.15) is 0 Å². The van der Waals surface area contributed by atoms with Crippen LogP contribution in [-0.4, -0.2) is 17.8 Å². The first kappa shape index (κ1) is 42.2. The highest BCUT2D eigenvalue weighted by molar-refractivity contribution is 7.00. The smallest absolute Gasteiger partial charge is 0.252 e. The van der Waals surface area contributed by atoms with Crippen molar-refractivity contribution in [1.82, 2.24) is 0 Å². The van der Waals surface area contributed by atoms with Crippen molar-refractivity contribution < 1.29 is 0 Å². The molecule has 15 rings (SSSR count).